The number of hydrogen-bond acceptors (Lipinski definition) is 16. The van der Waals surface area contributed by atoms with Crippen LogP contribution in [0.2, 0.25) is 0 Å². The molecule has 1 spiro atoms. The number of aliphatic hydroxyl groups excluding tert-OH is 2. The molecule has 7 amide bonds. The highest BCUT2D eigenvalue weighted by atomic mass is 19.1. The predicted octanol–water partition coefficient (Wildman–Crippen LogP) is 4.90. The van der Waals surface area contributed by atoms with Crippen molar-refractivity contribution in [3.8, 4) is 0 Å². The van der Waals surface area contributed by atoms with Gasteiger partial charge in [0.2, 0.25) is 41.4 Å². The molecule has 17 atom stereocenters. The molecule has 24 heteroatoms. The van der Waals surface area contributed by atoms with Crippen molar-refractivity contribution in [1.29, 1.82) is 0 Å². The molecule has 2 unspecified atom stereocenters. The third kappa shape index (κ3) is 22.6. The molecule has 1 saturated heterocycles. The quantitative estimate of drug-likeness (QED) is 0.0402. The second kappa shape index (κ2) is 37.4. The Kier molecular flexibility index (Phi) is 31.4. The Morgan fingerprint density at radius 2 is 1.25 bits per heavy atom. The number of benzene rings is 2. The van der Waals surface area contributed by atoms with Crippen LogP contribution < -0.4 is 43.0 Å². The molecular weight excluding hydrogens is 1200 g/mol. The third-order valence-corrected chi connectivity index (χ3v) is 19.1. The lowest BCUT2D eigenvalue weighted by Gasteiger charge is -2.30. The van der Waals surface area contributed by atoms with Gasteiger partial charge < -0.3 is 57.9 Å². The molecular formula is C69H103FN8O15. The number of hydrogen-bond donors (Lipinski definition) is 10. The summed E-state index contributed by atoms with van der Waals surface area (Å²) < 4.78 is 19.4. The molecule has 2 aromatic carbocycles. The van der Waals surface area contributed by atoms with E-state index in [2.05, 4.69) is 37.2 Å². The van der Waals surface area contributed by atoms with E-state index in [9.17, 15) is 72.1 Å². The van der Waals surface area contributed by atoms with Gasteiger partial charge in [-0.3, -0.25) is 52.7 Å². The van der Waals surface area contributed by atoms with Crippen LogP contribution in [0.1, 0.15) is 165 Å². The Labute approximate surface area is 546 Å². The Morgan fingerprint density at radius 3 is 1.78 bits per heavy atom. The number of nitrogens with one attached hydrogen (secondary N) is 7. The Bertz CT molecular complexity index is 2900. The van der Waals surface area contributed by atoms with Gasteiger partial charge in [0.05, 0.1) is 43.2 Å². The molecule has 2 aromatic rings. The number of halogens is 1. The average Bonchev–Trinajstić information content (AvgIpc) is 1.58. The number of ether oxygens (including phenoxy) is 1. The highest BCUT2D eigenvalue weighted by Crippen LogP contribution is 2.47. The number of carbonyl (C=O) groups excluding carboxylic acids is 12. The number of amides is 7. The van der Waals surface area contributed by atoms with Crippen LogP contribution in [0.25, 0.3) is 0 Å². The van der Waals surface area contributed by atoms with Crippen LogP contribution in [0.15, 0.2) is 54.6 Å². The van der Waals surface area contributed by atoms with Gasteiger partial charge in [0.25, 0.3) is 0 Å². The summed E-state index contributed by atoms with van der Waals surface area (Å²) in [6.45, 7) is 17.4. The van der Waals surface area contributed by atoms with Crippen molar-refractivity contribution in [1.82, 2.24) is 31.9 Å². The van der Waals surface area contributed by atoms with E-state index in [0.29, 0.717) is 57.2 Å². The van der Waals surface area contributed by atoms with Crippen LogP contribution in [-0.2, 0) is 68.7 Å². The fourth-order valence-electron chi connectivity index (χ4n) is 11.7. The van der Waals surface area contributed by atoms with Crippen LogP contribution in [0.5, 0.6) is 0 Å². The summed E-state index contributed by atoms with van der Waals surface area (Å²) in [4.78, 5) is 168. The number of Topliss-reactive ketones (excluding diaryl/α,β-unsaturated/α-hetero) is 4. The van der Waals surface area contributed by atoms with Crippen molar-refractivity contribution < 1.29 is 76.9 Å². The molecule has 11 N–H and O–H groups in total. The number of rotatable bonds is 37. The van der Waals surface area contributed by atoms with Crippen molar-refractivity contribution in [2.45, 2.75) is 208 Å². The van der Waals surface area contributed by atoms with E-state index in [1.807, 2.05) is 44.2 Å². The Hall–Kier alpha value is -7.47. The fourth-order valence-corrected chi connectivity index (χ4v) is 11.7. The van der Waals surface area contributed by atoms with Gasteiger partial charge in [-0.1, -0.05) is 125 Å². The topological polar surface area (TPSA) is 365 Å². The Balaban J connectivity index is 1.51. The van der Waals surface area contributed by atoms with Crippen molar-refractivity contribution in [3.05, 3.63) is 66.0 Å². The summed E-state index contributed by atoms with van der Waals surface area (Å²) in [7, 11) is 0. The molecule has 93 heavy (non-hydrogen) atoms. The zero-order chi connectivity index (χ0) is 69.4. The average molecular weight is 1300 g/mol. The molecule has 0 aromatic heterocycles. The molecule has 0 radical (unpaired) electrons. The number of aliphatic hydroxyl groups is 2. The van der Waals surface area contributed by atoms with Crippen LogP contribution in [0, 0.1) is 65.0 Å². The van der Waals surface area contributed by atoms with E-state index in [1.165, 1.54) is 26.0 Å². The third-order valence-electron chi connectivity index (χ3n) is 19.1. The highest BCUT2D eigenvalue weighted by molar-refractivity contribution is 6.01. The van der Waals surface area contributed by atoms with E-state index >= 15 is 0 Å². The first-order valence-electron chi connectivity index (χ1n) is 33.2. The minimum Gasteiger partial charge on any atom is -0.458 e. The second-order valence-electron chi connectivity index (χ2n) is 26.0. The smallest absolute Gasteiger partial charge is 0.329 e. The number of carbonyl (C=O) groups is 12. The Morgan fingerprint density at radius 1 is 0.688 bits per heavy atom. The van der Waals surface area contributed by atoms with Crippen LogP contribution in [0.4, 0.5) is 10.1 Å². The first kappa shape index (κ1) is 78.0. The molecule has 1 saturated carbocycles. The maximum Gasteiger partial charge on any atom is 0.329 e. The highest BCUT2D eigenvalue weighted by Gasteiger charge is 2.61. The summed E-state index contributed by atoms with van der Waals surface area (Å²) in [6, 6.07) is 8.56. The normalized spacial score (nSPS) is 22.8. The molecule has 516 valence electrons. The molecule has 2 fully saturated rings. The lowest BCUT2D eigenvalue weighted by Crippen LogP contribution is -2.57. The fraction of sp³-hybridized carbons (Fsp3) is 0.652. The molecule has 2 aliphatic rings. The van der Waals surface area contributed by atoms with E-state index in [1.54, 1.807) is 60.6 Å². The molecule has 0 bridgehead atoms. The summed E-state index contributed by atoms with van der Waals surface area (Å²) in [6.07, 6.45) is -1.15. The van der Waals surface area contributed by atoms with Gasteiger partial charge in [-0.05, 0) is 98.4 Å². The number of anilines is 1. The van der Waals surface area contributed by atoms with Crippen LogP contribution in [0.3, 0.4) is 0 Å². The predicted molar refractivity (Wildman–Crippen MR) is 346 cm³/mol. The van der Waals surface area contributed by atoms with E-state index in [4.69, 9.17) is 10.5 Å². The van der Waals surface area contributed by atoms with Crippen molar-refractivity contribution >= 4 is 76.1 Å². The summed E-state index contributed by atoms with van der Waals surface area (Å²) >= 11 is 0. The standard InChI is InChI=1S/C69H103FN8O15/c1-12-38(6)51(34-53(81)52(26-27-57(71)85)73-64(88)46(36-79)32-55(83)58(39(7)13-2)74-63(87)45(16-5)31-44-20-18-17-19-21-44)66(90)75-59(40(8)14-3)56(84)33-47(37-80)65(89)76-61-43(11)93-67(91)60(41(9)15-4)77-68(92)69(78-62(86)42(10)30-54(61)82)35-48(69)28-29-72-50-24-22-49(70)23-25-50/h17-25,38-43,45-48,51-52,58-61,72,79-80H,12-16,26-37H2,1-11H3,(H2,71,85)(H,73,88)(H,74,87)(H,75,90)(H,76,89)(H,77,92)(H,78,86)/t38-,39-,40-,41-,42+,43-,45+,46-,47-,48?,51+,52+,58-,59-,60-,61+,69?/m0/s1. The largest absolute Gasteiger partial charge is 0.458 e. The lowest BCUT2D eigenvalue weighted by atomic mass is 9.83. The van der Waals surface area contributed by atoms with Gasteiger partial charge in [0.15, 0.2) is 23.1 Å². The maximum absolute atomic E-state index is 14.6. The van der Waals surface area contributed by atoms with Crippen LogP contribution >= 0.6 is 0 Å². The second-order valence-corrected chi connectivity index (χ2v) is 26.0. The van der Waals surface area contributed by atoms with Gasteiger partial charge in [-0.25, -0.2) is 9.18 Å². The molecule has 1 aliphatic carbocycles. The molecule has 1 heterocycles. The zero-order valence-electron chi connectivity index (χ0n) is 56.1. The first-order valence-corrected chi connectivity index (χ1v) is 33.2. The summed E-state index contributed by atoms with van der Waals surface area (Å²) in [5.41, 5.74) is 5.66. The number of ketones is 4. The summed E-state index contributed by atoms with van der Waals surface area (Å²) in [5, 5.41) is 40.9. The summed E-state index contributed by atoms with van der Waals surface area (Å²) in [5.74, 6) is -16.9. The SMILES string of the molecule is CC[C@H](Cc1ccccc1)C(=O)N[C@H](C(=O)C[C@@H](CO)C(=O)N[C@H](CCC(N)=O)C(=O)C[C@@H](C(=O)N[C@H](C(=O)C[C@@H](CO)C(=O)N[C@H]1C(=O)C[C@@H](C)C(=O)NC2(CC2CCNc2ccc(F)cc2)C(=O)N[C@@H]([C@@H](C)CC)C(=O)O[C@H]1C)[C@@H](C)CC)[C@@H](C)CC)[C@@H](C)CC. The monoisotopic (exact) mass is 1300 g/mol. The number of cyclic esters (lactones) is 1. The van der Waals surface area contributed by atoms with E-state index in [-0.39, 0.29) is 37.0 Å². The molecule has 1 aliphatic heterocycles. The lowest BCUT2D eigenvalue weighted by molar-refractivity contribution is -0.157. The number of nitrogens with two attached hydrogens (primary N) is 1. The van der Waals surface area contributed by atoms with Crippen LogP contribution in [-0.4, -0.2) is 142 Å². The van der Waals surface area contributed by atoms with Crippen molar-refractivity contribution in [3.63, 3.8) is 0 Å². The molecule has 4 rings (SSSR count). The molecule has 23 nitrogen and oxygen atoms in total. The van der Waals surface area contributed by atoms with Gasteiger partial charge >= 0.3 is 5.97 Å². The van der Waals surface area contributed by atoms with E-state index in [0.717, 1.165) is 5.56 Å². The zero-order valence-corrected chi connectivity index (χ0v) is 56.1. The van der Waals surface area contributed by atoms with Gasteiger partial charge in [-0.15, -0.1) is 0 Å². The minimum atomic E-state index is -1.62. The van der Waals surface area contributed by atoms with Crippen molar-refractivity contribution in [2.24, 2.45) is 64.9 Å². The van der Waals surface area contributed by atoms with Gasteiger partial charge in [0.1, 0.15) is 29.5 Å². The van der Waals surface area contributed by atoms with E-state index < -0.39 is 198 Å². The number of primary amides is 1. The van der Waals surface area contributed by atoms with Gasteiger partial charge in [-0.2, -0.15) is 0 Å². The maximum atomic E-state index is 14.6. The van der Waals surface area contributed by atoms with Gasteiger partial charge in [0, 0.05) is 62.1 Å². The first-order chi connectivity index (χ1) is 44.0. The minimum absolute atomic E-state index is 0.219. The van der Waals surface area contributed by atoms with Crippen molar-refractivity contribution in [2.75, 3.05) is 25.1 Å². The number of esters is 1.